The largest absolute Gasteiger partial charge is 0.487 e. The highest BCUT2D eigenvalue weighted by molar-refractivity contribution is 5.94. The lowest BCUT2D eigenvalue weighted by molar-refractivity contribution is -0.132. The highest BCUT2D eigenvalue weighted by atomic mass is 16.5. The van der Waals surface area contributed by atoms with E-state index in [0.29, 0.717) is 37.6 Å². The molecule has 5 rings (SSSR count). The lowest BCUT2D eigenvalue weighted by atomic mass is 10.1. The molecule has 8 heteroatoms. The molecule has 3 aromatic rings. The molecule has 36 heavy (non-hydrogen) atoms. The molecule has 2 aliphatic rings. The molecule has 0 spiro atoms. The van der Waals surface area contributed by atoms with E-state index in [1.54, 1.807) is 0 Å². The number of imidazole rings is 1. The van der Waals surface area contributed by atoms with Crippen LogP contribution in [0.15, 0.2) is 48.8 Å². The van der Waals surface area contributed by atoms with E-state index >= 15 is 0 Å². The summed E-state index contributed by atoms with van der Waals surface area (Å²) in [6, 6.07) is 11.3. The minimum Gasteiger partial charge on any atom is -0.487 e. The van der Waals surface area contributed by atoms with Crippen LogP contribution in [0.25, 0.3) is 5.65 Å². The number of fused-ring (bicyclic) bond motifs is 1. The molecule has 4 heterocycles. The molecule has 190 valence electrons. The first-order valence-electron chi connectivity index (χ1n) is 13.0. The normalized spacial score (nSPS) is 17.2. The minimum absolute atomic E-state index is 0.0239. The Morgan fingerprint density at radius 1 is 0.833 bits per heavy atom. The van der Waals surface area contributed by atoms with Gasteiger partial charge in [-0.1, -0.05) is 18.9 Å². The summed E-state index contributed by atoms with van der Waals surface area (Å²) >= 11 is 0. The molecule has 0 radical (unpaired) electrons. The maximum absolute atomic E-state index is 13.0. The number of hydrogen-bond acceptors (Lipinski definition) is 5. The van der Waals surface area contributed by atoms with Crippen LogP contribution >= 0.6 is 0 Å². The van der Waals surface area contributed by atoms with Crippen LogP contribution in [-0.4, -0.2) is 81.7 Å². The van der Waals surface area contributed by atoms with Crippen LogP contribution in [0.2, 0.25) is 0 Å². The van der Waals surface area contributed by atoms with Crippen molar-refractivity contribution in [1.29, 1.82) is 0 Å². The zero-order chi connectivity index (χ0) is 24.9. The van der Waals surface area contributed by atoms with Crippen LogP contribution in [-0.2, 0) is 11.4 Å². The summed E-state index contributed by atoms with van der Waals surface area (Å²) in [5, 5.41) is 0. The Kier molecular flexibility index (Phi) is 7.51. The van der Waals surface area contributed by atoms with Crippen molar-refractivity contribution < 1.29 is 14.3 Å². The van der Waals surface area contributed by atoms with Gasteiger partial charge in [-0.2, -0.15) is 0 Å². The van der Waals surface area contributed by atoms with Crippen molar-refractivity contribution in [2.75, 3.05) is 45.8 Å². The first-order valence-corrected chi connectivity index (χ1v) is 13.0. The summed E-state index contributed by atoms with van der Waals surface area (Å²) in [5.41, 5.74) is 3.58. The number of ether oxygens (including phenoxy) is 1. The van der Waals surface area contributed by atoms with Crippen molar-refractivity contribution in [2.24, 2.45) is 0 Å². The third-order valence-corrected chi connectivity index (χ3v) is 7.11. The van der Waals surface area contributed by atoms with Gasteiger partial charge >= 0.3 is 0 Å². The summed E-state index contributed by atoms with van der Waals surface area (Å²) in [4.78, 5) is 36.3. The van der Waals surface area contributed by atoms with Gasteiger partial charge in [-0.25, -0.2) is 4.98 Å². The molecule has 2 aromatic heterocycles. The van der Waals surface area contributed by atoms with E-state index in [0.717, 1.165) is 50.4 Å². The smallest absolute Gasteiger partial charge is 0.253 e. The highest BCUT2D eigenvalue weighted by Gasteiger charge is 2.25. The first kappa shape index (κ1) is 24.3. The van der Waals surface area contributed by atoms with Gasteiger partial charge in [-0.05, 0) is 55.7 Å². The molecule has 8 nitrogen and oxygen atoms in total. The number of aryl methyl sites for hydroxylation is 1. The summed E-state index contributed by atoms with van der Waals surface area (Å²) in [6.45, 7) is 7.37. The summed E-state index contributed by atoms with van der Waals surface area (Å²) in [6.07, 6.45) is 8.68. The second-order valence-corrected chi connectivity index (χ2v) is 9.88. The predicted molar refractivity (Wildman–Crippen MR) is 138 cm³/mol. The number of aromatic nitrogens is 2. The summed E-state index contributed by atoms with van der Waals surface area (Å²) in [7, 11) is 0. The number of carbonyl (C=O) groups is 2. The van der Waals surface area contributed by atoms with Crippen LogP contribution in [0.3, 0.4) is 0 Å². The van der Waals surface area contributed by atoms with Crippen LogP contribution in [0, 0.1) is 6.92 Å². The number of hydrogen-bond donors (Lipinski definition) is 0. The summed E-state index contributed by atoms with van der Waals surface area (Å²) in [5.74, 6) is 0.957. The number of carbonyl (C=O) groups excluding carboxylic acids is 2. The molecular formula is C28H35N5O3. The van der Waals surface area contributed by atoms with Crippen LogP contribution in [0.5, 0.6) is 5.75 Å². The fourth-order valence-electron chi connectivity index (χ4n) is 4.98. The van der Waals surface area contributed by atoms with Crippen molar-refractivity contribution in [2.45, 2.75) is 39.2 Å². The van der Waals surface area contributed by atoms with Gasteiger partial charge in [0.25, 0.3) is 5.91 Å². The van der Waals surface area contributed by atoms with Crippen molar-refractivity contribution in [3.05, 3.63) is 65.6 Å². The van der Waals surface area contributed by atoms with Crippen molar-refractivity contribution in [3.8, 4) is 5.75 Å². The molecule has 2 saturated heterocycles. The Labute approximate surface area is 212 Å². The van der Waals surface area contributed by atoms with Gasteiger partial charge in [-0.3, -0.25) is 14.5 Å². The lowest BCUT2D eigenvalue weighted by Gasteiger charge is -2.35. The van der Waals surface area contributed by atoms with Crippen LogP contribution in [0.1, 0.15) is 47.3 Å². The van der Waals surface area contributed by atoms with E-state index in [4.69, 9.17) is 4.74 Å². The summed E-state index contributed by atoms with van der Waals surface area (Å²) < 4.78 is 7.90. The van der Waals surface area contributed by atoms with Gasteiger partial charge in [0.1, 0.15) is 18.0 Å². The van der Waals surface area contributed by atoms with E-state index in [1.165, 1.54) is 18.4 Å². The molecule has 2 aliphatic heterocycles. The lowest BCUT2D eigenvalue weighted by Crippen LogP contribution is -2.51. The highest BCUT2D eigenvalue weighted by Crippen LogP contribution is 2.17. The van der Waals surface area contributed by atoms with Gasteiger partial charge < -0.3 is 18.9 Å². The van der Waals surface area contributed by atoms with E-state index in [1.807, 2.05) is 63.0 Å². The number of likely N-dealkylation sites (tertiary alicyclic amines) is 1. The zero-order valence-corrected chi connectivity index (χ0v) is 21.1. The molecule has 1 aromatic carbocycles. The molecule has 0 unspecified atom stereocenters. The minimum atomic E-state index is 0.0239. The number of amides is 2. The van der Waals surface area contributed by atoms with Crippen molar-refractivity contribution in [3.63, 3.8) is 0 Å². The standard InChI is InChI=1S/C28H35N5O3/c1-22-6-11-26-29-24(19-33(26)18-22)21-36-25-9-7-23(8-10-25)28(35)32-16-14-30(15-17-32)20-27(34)31-12-4-2-3-5-13-31/h6-11,18-19H,2-5,12-17,20-21H2,1H3. The van der Waals surface area contributed by atoms with Gasteiger partial charge in [0.05, 0.1) is 12.2 Å². The van der Waals surface area contributed by atoms with Gasteiger partial charge in [0, 0.05) is 57.2 Å². The molecule has 0 N–H and O–H groups in total. The Balaban J connectivity index is 1.09. The average Bonchev–Trinajstić information content (AvgIpc) is 3.09. The number of piperazine rings is 1. The number of nitrogens with zero attached hydrogens (tertiary/aromatic N) is 5. The topological polar surface area (TPSA) is 70.4 Å². The first-order chi connectivity index (χ1) is 17.5. The molecule has 0 bridgehead atoms. The monoisotopic (exact) mass is 489 g/mol. The van der Waals surface area contributed by atoms with Crippen LogP contribution in [0.4, 0.5) is 0 Å². The van der Waals surface area contributed by atoms with Crippen LogP contribution < -0.4 is 4.74 Å². The molecular weight excluding hydrogens is 454 g/mol. The van der Waals surface area contributed by atoms with E-state index in [2.05, 4.69) is 16.8 Å². The van der Waals surface area contributed by atoms with E-state index in [-0.39, 0.29) is 11.8 Å². The SMILES string of the molecule is Cc1ccc2nc(COc3ccc(C(=O)N4CCN(CC(=O)N5CCCCCC5)CC4)cc3)cn2c1. The molecule has 2 fully saturated rings. The van der Waals surface area contributed by atoms with Crippen molar-refractivity contribution >= 4 is 17.5 Å². The maximum Gasteiger partial charge on any atom is 0.253 e. The van der Waals surface area contributed by atoms with E-state index < -0.39 is 0 Å². The van der Waals surface area contributed by atoms with E-state index in [9.17, 15) is 9.59 Å². The Morgan fingerprint density at radius 3 is 2.28 bits per heavy atom. The molecule has 0 atom stereocenters. The number of benzene rings is 1. The third kappa shape index (κ3) is 5.87. The van der Waals surface area contributed by atoms with Crippen molar-refractivity contribution in [1.82, 2.24) is 24.1 Å². The Bertz CT molecular complexity index is 1190. The number of rotatable bonds is 6. The predicted octanol–water partition coefficient (Wildman–Crippen LogP) is 3.38. The average molecular weight is 490 g/mol. The fourth-order valence-corrected chi connectivity index (χ4v) is 4.98. The molecule has 2 amide bonds. The second kappa shape index (κ2) is 11.1. The quantitative estimate of drug-likeness (QED) is 0.531. The second-order valence-electron chi connectivity index (χ2n) is 9.88. The van der Waals surface area contributed by atoms with Gasteiger partial charge in [-0.15, -0.1) is 0 Å². The maximum atomic E-state index is 13.0. The molecule has 0 saturated carbocycles. The zero-order valence-electron chi connectivity index (χ0n) is 21.1. The van der Waals surface area contributed by atoms with Gasteiger partial charge in [0.15, 0.2) is 0 Å². The van der Waals surface area contributed by atoms with Gasteiger partial charge in [0.2, 0.25) is 5.91 Å². The Morgan fingerprint density at radius 2 is 1.56 bits per heavy atom. The Hall–Kier alpha value is -3.39. The fraction of sp³-hybridized carbons (Fsp3) is 0.464. The number of pyridine rings is 1. The molecule has 0 aliphatic carbocycles. The third-order valence-electron chi connectivity index (χ3n) is 7.11.